The second-order valence-electron chi connectivity index (χ2n) is 7.44. The highest BCUT2D eigenvalue weighted by Gasteiger charge is 2.18. The Bertz CT molecular complexity index is 1150. The van der Waals surface area contributed by atoms with Crippen molar-refractivity contribution in [2.24, 2.45) is 0 Å². The third-order valence-corrected chi connectivity index (χ3v) is 5.47. The molecule has 3 nitrogen and oxygen atoms in total. The fraction of sp³-hybridized carbons (Fsp3) is 0.208. The lowest BCUT2D eigenvalue weighted by Gasteiger charge is -2.21. The van der Waals surface area contributed by atoms with Crippen LogP contribution in [0.2, 0.25) is 0 Å². The number of rotatable bonds is 5. The van der Waals surface area contributed by atoms with Gasteiger partial charge in [-0.1, -0.05) is 24.3 Å². The third-order valence-electron chi connectivity index (χ3n) is 5.47. The van der Waals surface area contributed by atoms with Gasteiger partial charge < -0.3 is 9.47 Å². The number of aromatic nitrogens is 2. The molecule has 0 aliphatic heterocycles. The van der Waals surface area contributed by atoms with Crippen molar-refractivity contribution in [3.05, 3.63) is 94.8 Å². The molecule has 0 radical (unpaired) electrons. The first kappa shape index (κ1) is 21.8. The minimum absolute atomic E-state index is 0. The normalized spacial score (nSPS) is 10.8. The second-order valence-corrected chi connectivity index (χ2v) is 7.44. The first-order valence-corrected chi connectivity index (χ1v) is 9.58. The highest BCUT2D eigenvalue weighted by molar-refractivity contribution is 5.93. The van der Waals surface area contributed by atoms with E-state index in [0.717, 1.165) is 33.5 Å². The van der Waals surface area contributed by atoms with Gasteiger partial charge in [-0.05, 0) is 60.9 Å². The molecule has 0 atom stereocenters. The largest absolute Gasteiger partial charge is 0.354 e. The van der Waals surface area contributed by atoms with Crippen LogP contribution in [0.4, 0.5) is 14.6 Å². The zero-order valence-corrected chi connectivity index (χ0v) is 18.0. The van der Waals surface area contributed by atoms with Crippen molar-refractivity contribution in [1.29, 1.82) is 0 Å². The van der Waals surface area contributed by atoms with Crippen LogP contribution in [0.1, 0.15) is 22.4 Å². The molecule has 6 heteroatoms. The lowest BCUT2D eigenvalue weighted by atomic mass is 10.2. The highest BCUT2D eigenvalue weighted by atomic mass is 35.5. The Morgan fingerprint density at radius 2 is 1.43 bits per heavy atom. The number of anilines is 1. The van der Waals surface area contributed by atoms with Gasteiger partial charge in [0.25, 0.3) is 0 Å². The summed E-state index contributed by atoms with van der Waals surface area (Å²) in [6.45, 7) is 5.47. The van der Waals surface area contributed by atoms with Gasteiger partial charge in [-0.15, -0.1) is 12.4 Å². The van der Waals surface area contributed by atoms with Crippen LogP contribution in [0.25, 0.3) is 10.9 Å². The predicted molar refractivity (Wildman–Crippen MR) is 120 cm³/mol. The van der Waals surface area contributed by atoms with Crippen LogP contribution in [-0.2, 0) is 13.1 Å². The summed E-state index contributed by atoms with van der Waals surface area (Å²) in [7, 11) is 1.99. The summed E-state index contributed by atoms with van der Waals surface area (Å²) in [5.41, 5.74) is 5.46. The summed E-state index contributed by atoms with van der Waals surface area (Å²) in [5.74, 6) is 0.390. The Balaban J connectivity index is 0.00000256. The van der Waals surface area contributed by atoms with E-state index in [9.17, 15) is 8.78 Å². The Morgan fingerprint density at radius 1 is 0.867 bits per heavy atom. The first-order valence-electron chi connectivity index (χ1n) is 9.58. The summed E-state index contributed by atoms with van der Waals surface area (Å²) in [6.07, 6.45) is 1.83. The Kier molecular flexibility index (Phi) is 6.42. The van der Waals surface area contributed by atoms with Crippen molar-refractivity contribution in [3.8, 4) is 0 Å². The van der Waals surface area contributed by atoms with Gasteiger partial charge in [0.2, 0.25) is 0 Å². The molecular weight excluding hydrogens is 404 g/mol. The molecule has 0 bridgehead atoms. The molecule has 0 aliphatic rings. The number of aryl methyl sites for hydroxylation is 1. The van der Waals surface area contributed by atoms with Crippen molar-refractivity contribution in [2.45, 2.75) is 26.9 Å². The van der Waals surface area contributed by atoms with Crippen LogP contribution in [0.15, 0.2) is 60.8 Å². The summed E-state index contributed by atoms with van der Waals surface area (Å²) in [6, 6.07) is 15.2. The maximum atomic E-state index is 13.3. The third kappa shape index (κ3) is 4.17. The monoisotopic (exact) mass is 427 g/mol. The van der Waals surface area contributed by atoms with Crippen LogP contribution in [0.5, 0.6) is 0 Å². The maximum Gasteiger partial charge on any atom is 0.153 e. The summed E-state index contributed by atoms with van der Waals surface area (Å²) in [5, 5.41) is 1.15. The number of hydrogen-bond donors (Lipinski definition) is 0. The van der Waals surface area contributed by atoms with Gasteiger partial charge in [0, 0.05) is 37.4 Å². The van der Waals surface area contributed by atoms with Gasteiger partial charge in [-0.3, -0.25) is 0 Å². The van der Waals surface area contributed by atoms with Crippen LogP contribution in [0.3, 0.4) is 0 Å². The smallest absolute Gasteiger partial charge is 0.153 e. The Morgan fingerprint density at radius 3 is 2.03 bits per heavy atom. The molecule has 0 spiro atoms. The molecule has 4 aromatic rings. The number of halogens is 3. The van der Waals surface area contributed by atoms with Crippen LogP contribution in [-0.4, -0.2) is 16.6 Å². The summed E-state index contributed by atoms with van der Waals surface area (Å²) < 4.78 is 28.8. The summed E-state index contributed by atoms with van der Waals surface area (Å²) in [4.78, 5) is 6.74. The molecule has 156 valence electrons. The topological polar surface area (TPSA) is 21.1 Å². The van der Waals surface area contributed by atoms with E-state index < -0.39 is 0 Å². The SMILES string of the molecule is Cc1c(C)n(Cc2ccc(F)cc2)c2c(N(C)Cc3ccc(F)cc3)nccc12.Cl. The molecule has 4 rings (SSSR count). The molecule has 0 saturated heterocycles. The van der Waals surface area contributed by atoms with Gasteiger partial charge in [0.15, 0.2) is 5.82 Å². The van der Waals surface area contributed by atoms with Gasteiger partial charge in [0.05, 0.1) is 5.52 Å². The van der Waals surface area contributed by atoms with E-state index in [1.54, 1.807) is 12.1 Å². The minimum atomic E-state index is -0.240. The standard InChI is InChI=1S/C24H23F2N3.ClH/c1-16-17(2)29(15-19-6-10-21(26)11-7-19)23-22(16)12-13-27-24(23)28(3)14-18-4-8-20(25)9-5-18;/h4-13H,14-15H2,1-3H3;1H. The van der Waals surface area contributed by atoms with E-state index in [1.807, 2.05) is 31.4 Å². The van der Waals surface area contributed by atoms with E-state index in [0.29, 0.717) is 13.1 Å². The van der Waals surface area contributed by atoms with Crippen LogP contribution < -0.4 is 4.90 Å². The molecule has 0 aliphatic carbocycles. The lowest BCUT2D eigenvalue weighted by Crippen LogP contribution is -2.19. The van der Waals surface area contributed by atoms with Gasteiger partial charge in [-0.2, -0.15) is 0 Å². The molecule has 0 fully saturated rings. The second kappa shape index (κ2) is 8.84. The molecule has 2 aromatic carbocycles. The molecule has 2 heterocycles. The Hall–Kier alpha value is -2.92. The molecule has 0 saturated carbocycles. The van der Waals surface area contributed by atoms with E-state index in [1.165, 1.54) is 29.8 Å². The number of fused-ring (bicyclic) bond motifs is 1. The van der Waals surface area contributed by atoms with Crippen molar-refractivity contribution >= 4 is 29.1 Å². The summed E-state index contributed by atoms with van der Waals surface area (Å²) >= 11 is 0. The quantitative estimate of drug-likeness (QED) is 0.387. The predicted octanol–water partition coefficient (Wildman–Crippen LogP) is 6.04. The van der Waals surface area contributed by atoms with Gasteiger partial charge >= 0.3 is 0 Å². The molecule has 0 amide bonds. The maximum absolute atomic E-state index is 13.3. The van der Waals surface area contributed by atoms with Crippen LogP contribution in [0, 0.1) is 25.5 Å². The van der Waals surface area contributed by atoms with Crippen molar-refractivity contribution in [1.82, 2.24) is 9.55 Å². The molecule has 0 unspecified atom stereocenters. The average Bonchev–Trinajstić information content (AvgIpc) is 2.96. The number of nitrogens with zero attached hydrogens (tertiary/aromatic N) is 3. The molecule has 0 N–H and O–H groups in total. The first-order chi connectivity index (χ1) is 13.9. The van der Waals surface area contributed by atoms with Gasteiger partial charge in [-0.25, -0.2) is 13.8 Å². The van der Waals surface area contributed by atoms with E-state index in [2.05, 4.69) is 28.3 Å². The van der Waals surface area contributed by atoms with E-state index >= 15 is 0 Å². The molecule has 30 heavy (non-hydrogen) atoms. The lowest BCUT2D eigenvalue weighted by molar-refractivity contribution is 0.626. The van der Waals surface area contributed by atoms with Gasteiger partial charge in [0.1, 0.15) is 11.6 Å². The Labute approximate surface area is 181 Å². The highest BCUT2D eigenvalue weighted by Crippen LogP contribution is 2.32. The zero-order chi connectivity index (χ0) is 20.5. The van der Waals surface area contributed by atoms with Crippen molar-refractivity contribution in [3.63, 3.8) is 0 Å². The van der Waals surface area contributed by atoms with E-state index in [-0.39, 0.29) is 24.0 Å². The number of pyridine rings is 1. The average molecular weight is 428 g/mol. The number of benzene rings is 2. The van der Waals surface area contributed by atoms with Crippen molar-refractivity contribution in [2.75, 3.05) is 11.9 Å². The number of hydrogen-bond acceptors (Lipinski definition) is 2. The molecule has 2 aromatic heterocycles. The fourth-order valence-electron chi connectivity index (χ4n) is 3.76. The van der Waals surface area contributed by atoms with E-state index in [4.69, 9.17) is 0 Å². The zero-order valence-electron chi connectivity index (χ0n) is 17.2. The molecular formula is C24H24ClF2N3. The van der Waals surface area contributed by atoms with Crippen LogP contribution >= 0.6 is 12.4 Å². The fourth-order valence-corrected chi connectivity index (χ4v) is 3.76. The van der Waals surface area contributed by atoms with Crippen molar-refractivity contribution < 1.29 is 8.78 Å². The minimum Gasteiger partial charge on any atom is -0.354 e.